The van der Waals surface area contributed by atoms with Crippen LogP contribution in [0.15, 0.2) is 12.2 Å². The molecule has 1 aliphatic rings. The smallest absolute Gasteiger partial charge is 0.305 e. The van der Waals surface area contributed by atoms with Gasteiger partial charge in [0.1, 0.15) is 6.29 Å². The molecule has 7 heteroatoms. The maximum atomic E-state index is 12.2. The molecule has 0 radical (unpaired) electrons. The number of hydrogen-bond donors (Lipinski definition) is 0. The van der Waals surface area contributed by atoms with Crippen molar-refractivity contribution in [3.05, 3.63) is 12.2 Å². The van der Waals surface area contributed by atoms with Gasteiger partial charge in [-0.05, 0) is 67.9 Å². The Bertz CT molecular complexity index is 703. The summed E-state index contributed by atoms with van der Waals surface area (Å²) in [5, 5.41) is 0.212. The van der Waals surface area contributed by atoms with E-state index < -0.39 is 16.6 Å². The lowest BCUT2D eigenvalue weighted by molar-refractivity contribution is -0.140. The van der Waals surface area contributed by atoms with Gasteiger partial charge in [-0.15, -0.1) is 0 Å². The van der Waals surface area contributed by atoms with Crippen LogP contribution in [-0.4, -0.2) is 48.7 Å². The van der Waals surface area contributed by atoms with Gasteiger partial charge in [0, 0.05) is 24.9 Å². The highest BCUT2D eigenvalue weighted by Crippen LogP contribution is 2.48. The summed E-state index contributed by atoms with van der Waals surface area (Å²) in [5.41, 5.74) is 1.09. The number of unbranched alkanes of at least 4 members (excludes halogenated alkanes) is 1. The summed E-state index contributed by atoms with van der Waals surface area (Å²) >= 11 is 0. The van der Waals surface area contributed by atoms with Crippen molar-refractivity contribution in [2.45, 2.75) is 116 Å². The van der Waals surface area contributed by atoms with E-state index in [2.05, 4.69) is 74.3 Å². The molecule has 0 aliphatic heterocycles. The van der Waals surface area contributed by atoms with Crippen LogP contribution < -0.4 is 0 Å². The minimum Gasteiger partial charge on any atom is -0.469 e. The molecule has 0 amide bonds. The first-order chi connectivity index (χ1) is 15.4. The molecule has 198 valence electrons. The van der Waals surface area contributed by atoms with Gasteiger partial charge < -0.3 is 18.4 Å². The molecule has 0 N–H and O–H groups in total. The van der Waals surface area contributed by atoms with Crippen LogP contribution in [0.3, 0.4) is 0 Å². The molecule has 1 fully saturated rings. The van der Waals surface area contributed by atoms with Gasteiger partial charge in [-0.2, -0.15) is 0 Å². The molecule has 0 aromatic heterocycles. The Kier molecular flexibility index (Phi) is 11.0. The Labute approximate surface area is 211 Å². The number of rotatable bonds is 12. The highest BCUT2D eigenvalue weighted by molar-refractivity contribution is 6.74. The van der Waals surface area contributed by atoms with E-state index in [0.29, 0.717) is 13.0 Å². The second-order valence-corrected chi connectivity index (χ2v) is 22.7. The summed E-state index contributed by atoms with van der Waals surface area (Å²) in [4.78, 5) is 23.7. The molecular formula is C27H52O5Si2. The third-order valence-electron chi connectivity index (χ3n) is 8.60. The normalized spacial score (nSPS) is 24.2. The zero-order valence-electron chi connectivity index (χ0n) is 23.9. The van der Waals surface area contributed by atoms with Gasteiger partial charge in [0.2, 0.25) is 0 Å². The van der Waals surface area contributed by atoms with Crippen LogP contribution in [0.5, 0.6) is 0 Å². The van der Waals surface area contributed by atoms with Crippen molar-refractivity contribution < 1.29 is 23.2 Å². The van der Waals surface area contributed by atoms with Crippen molar-refractivity contribution in [1.82, 2.24) is 0 Å². The average Bonchev–Trinajstić information content (AvgIpc) is 3.04. The topological polar surface area (TPSA) is 61.8 Å². The van der Waals surface area contributed by atoms with Crippen LogP contribution in [0.2, 0.25) is 36.3 Å². The van der Waals surface area contributed by atoms with E-state index in [1.807, 2.05) is 0 Å². The van der Waals surface area contributed by atoms with E-state index in [1.165, 1.54) is 7.11 Å². The molecule has 1 rings (SSSR count). The fraction of sp³-hybridized carbons (Fsp3) is 0.852. The van der Waals surface area contributed by atoms with E-state index in [-0.39, 0.29) is 39.9 Å². The van der Waals surface area contributed by atoms with Crippen LogP contribution in [0.25, 0.3) is 0 Å². The Morgan fingerprint density at radius 1 is 0.971 bits per heavy atom. The zero-order chi connectivity index (χ0) is 26.5. The number of allylic oxidation sites excluding steroid dienone is 1. The Morgan fingerprint density at radius 3 is 1.97 bits per heavy atom. The first-order valence-corrected chi connectivity index (χ1v) is 18.7. The first kappa shape index (κ1) is 31.3. The molecule has 0 spiro atoms. The number of carbonyl (C=O) groups excluding carboxylic acids is 2. The molecule has 0 aromatic carbocycles. The van der Waals surface area contributed by atoms with Crippen molar-refractivity contribution in [3.63, 3.8) is 0 Å². The molecule has 34 heavy (non-hydrogen) atoms. The maximum absolute atomic E-state index is 12.2. The number of carbonyl (C=O) groups is 2. The monoisotopic (exact) mass is 512 g/mol. The van der Waals surface area contributed by atoms with Crippen LogP contribution >= 0.6 is 0 Å². The largest absolute Gasteiger partial charge is 0.469 e. The maximum Gasteiger partial charge on any atom is 0.305 e. The summed E-state index contributed by atoms with van der Waals surface area (Å²) in [6, 6.07) is 0. The second-order valence-electron chi connectivity index (χ2n) is 13.2. The van der Waals surface area contributed by atoms with Crippen LogP contribution in [0, 0.1) is 17.8 Å². The SMILES string of the molecule is C=C(CCCCC(=O)OC)[C@H]1[C@H](CO[Si](C)(C)C(C)(C)C)[C@@H](O[Si](C)(C)C(C)(C)C)C[C@H]1C=O. The Hall–Kier alpha value is -0.766. The third-order valence-corrected chi connectivity index (χ3v) is 17.6. The van der Waals surface area contributed by atoms with Gasteiger partial charge in [0.05, 0.1) is 13.2 Å². The summed E-state index contributed by atoms with van der Waals surface area (Å²) in [6.45, 7) is 27.7. The van der Waals surface area contributed by atoms with Crippen LogP contribution in [-0.2, 0) is 23.2 Å². The first-order valence-electron chi connectivity index (χ1n) is 12.9. The number of esters is 1. The van der Waals surface area contributed by atoms with Gasteiger partial charge in [-0.25, -0.2) is 0 Å². The zero-order valence-corrected chi connectivity index (χ0v) is 25.9. The van der Waals surface area contributed by atoms with Crippen LogP contribution in [0.1, 0.15) is 73.6 Å². The number of aldehydes is 1. The Morgan fingerprint density at radius 2 is 1.50 bits per heavy atom. The van der Waals surface area contributed by atoms with E-state index in [9.17, 15) is 9.59 Å². The fourth-order valence-electron chi connectivity index (χ4n) is 4.20. The quantitative estimate of drug-likeness (QED) is 0.0914. The molecule has 1 aliphatic carbocycles. The van der Waals surface area contributed by atoms with Crippen molar-refractivity contribution >= 4 is 28.9 Å². The minimum absolute atomic E-state index is 0.00215. The predicted molar refractivity (Wildman–Crippen MR) is 146 cm³/mol. The number of hydrogen-bond acceptors (Lipinski definition) is 5. The Balaban J connectivity index is 3.13. The molecule has 5 nitrogen and oxygen atoms in total. The van der Waals surface area contributed by atoms with E-state index >= 15 is 0 Å². The van der Waals surface area contributed by atoms with Gasteiger partial charge in [0.25, 0.3) is 0 Å². The minimum atomic E-state index is -2.02. The van der Waals surface area contributed by atoms with Crippen LogP contribution in [0.4, 0.5) is 0 Å². The summed E-state index contributed by atoms with van der Waals surface area (Å²) in [7, 11) is -2.55. The predicted octanol–water partition coefficient (Wildman–Crippen LogP) is 7.14. The lowest BCUT2D eigenvalue weighted by Crippen LogP contribution is -2.47. The molecule has 0 saturated heterocycles. The fourth-order valence-corrected chi connectivity index (χ4v) is 6.62. The standard InChI is InChI=1S/C27H52O5Si2/c1-20(15-13-14-16-24(29)30-8)25-21(18-28)17-23(32-34(11,12)27(5,6)7)22(25)19-31-33(9,10)26(2,3)4/h18,21-23,25H,1,13-17,19H2,2-12H3/t21-,22+,23-,25+/m0/s1. The summed E-state index contributed by atoms with van der Waals surface area (Å²) < 4.78 is 18.4. The lowest BCUT2D eigenvalue weighted by Gasteiger charge is -2.42. The molecule has 0 unspecified atom stereocenters. The van der Waals surface area contributed by atoms with Crippen molar-refractivity contribution in [1.29, 1.82) is 0 Å². The van der Waals surface area contributed by atoms with Gasteiger partial charge in [-0.1, -0.05) is 53.7 Å². The molecule has 1 saturated carbocycles. The van der Waals surface area contributed by atoms with E-state index in [0.717, 1.165) is 37.5 Å². The van der Waals surface area contributed by atoms with Gasteiger partial charge in [-0.3, -0.25) is 4.79 Å². The lowest BCUT2D eigenvalue weighted by atomic mass is 9.82. The molecule has 0 aromatic rings. The highest BCUT2D eigenvalue weighted by atomic mass is 28.4. The van der Waals surface area contributed by atoms with Gasteiger partial charge >= 0.3 is 5.97 Å². The van der Waals surface area contributed by atoms with Crippen molar-refractivity contribution in [3.8, 4) is 0 Å². The van der Waals surface area contributed by atoms with Gasteiger partial charge in [0.15, 0.2) is 16.6 Å². The van der Waals surface area contributed by atoms with Crippen molar-refractivity contribution in [2.24, 2.45) is 17.8 Å². The average molecular weight is 513 g/mol. The molecular weight excluding hydrogens is 460 g/mol. The summed E-state index contributed by atoms with van der Waals surface area (Å²) in [5.74, 6) is -0.113. The highest BCUT2D eigenvalue weighted by Gasteiger charge is 2.50. The third kappa shape index (κ3) is 8.14. The second kappa shape index (κ2) is 12.0. The molecule has 0 heterocycles. The van der Waals surface area contributed by atoms with Crippen molar-refractivity contribution in [2.75, 3.05) is 13.7 Å². The molecule has 0 bridgehead atoms. The summed E-state index contributed by atoms with van der Waals surface area (Å²) in [6.07, 6.45) is 4.68. The number of ether oxygens (including phenoxy) is 1. The number of methoxy groups -OCH3 is 1. The molecule has 4 atom stereocenters. The van der Waals surface area contributed by atoms with E-state index in [1.54, 1.807) is 0 Å². The van der Waals surface area contributed by atoms with E-state index in [4.69, 9.17) is 13.6 Å².